The number of esters is 2. The Labute approximate surface area is 327 Å². The monoisotopic (exact) mass is 786 g/mol. The number of hydrogen-bond acceptors (Lipinski definition) is 9. The Balaban J connectivity index is 4.41. The van der Waals surface area contributed by atoms with E-state index in [0.717, 1.165) is 57.8 Å². The molecule has 0 saturated carbocycles. The average Bonchev–Trinajstić information content (AvgIpc) is 3.14. The van der Waals surface area contributed by atoms with Crippen LogP contribution in [-0.4, -0.2) is 59.9 Å². The van der Waals surface area contributed by atoms with Gasteiger partial charge in [-0.15, -0.1) is 0 Å². The summed E-state index contributed by atoms with van der Waals surface area (Å²) >= 11 is 0. The maximum Gasteiger partial charge on any atom is 0.472 e. The molecule has 0 amide bonds. The lowest BCUT2D eigenvalue weighted by molar-refractivity contribution is -0.161. The van der Waals surface area contributed by atoms with Crippen LogP contribution in [0.5, 0.6) is 0 Å². The molecule has 0 aromatic rings. The Bertz CT molecular complexity index is 1060. The van der Waals surface area contributed by atoms with Gasteiger partial charge in [0.05, 0.1) is 13.2 Å². The van der Waals surface area contributed by atoms with Gasteiger partial charge in [-0.2, -0.15) is 0 Å². The third kappa shape index (κ3) is 36.7. The molecule has 0 rings (SSSR count). The number of carboxylic acid groups (broad SMARTS) is 1. The molecular formula is C42H76NO10P. The van der Waals surface area contributed by atoms with Crippen molar-refractivity contribution in [3.8, 4) is 0 Å². The van der Waals surface area contributed by atoms with Crippen LogP contribution in [-0.2, 0) is 37.5 Å². The van der Waals surface area contributed by atoms with Crippen LogP contribution in [0.3, 0.4) is 0 Å². The number of rotatable bonds is 39. The third-order valence-electron chi connectivity index (χ3n) is 8.89. The molecule has 12 heteroatoms. The Morgan fingerprint density at radius 2 is 1.00 bits per heavy atom. The number of ether oxygens (including phenoxy) is 2. The number of carbonyl (C=O) groups excluding carboxylic acids is 2. The number of carboxylic acids is 1. The van der Waals surface area contributed by atoms with Crippen molar-refractivity contribution in [3.63, 3.8) is 0 Å². The summed E-state index contributed by atoms with van der Waals surface area (Å²) in [5.41, 5.74) is 5.33. The van der Waals surface area contributed by atoms with Crippen molar-refractivity contribution in [3.05, 3.63) is 36.5 Å². The first-order chi connectivity index (χ1) is 26.1. The maximum atomic E-state index is 12.6. The fraction of sp³-hybridized carbons (Fsp3) is 0.786. The van der Waals surface area contributed by atoms with Crippen LogP contribution >= 0.6 is 7.82 Å². The molecule has 0 radical (unpaired) electrons. The molecule has 0 saturated heterocycles. The van der Waals surface area contributed by atoms with E-state index in [4.69, 9.17) is 24.8 Å². The number of hydrogen-bond donors (Lipinski definition) is 3. The summed E-state index contributed by atoms with van der Waals surface area (Å²) in [7, 11) is -4.72. The number of phosphoric ester groups is 1. The molecule has 4 N–H and O–H groups in total. The van der Waals surface area contributed by atoms with Crippen LogP contribution < -0.4 is 5.73 Å². The van der Waals surface area contributed by atoms with Crippen molar-refractivity contribution in [2.75, 3.05) is 19.8 Å². The highest BCUT2D eigenvalue weighted by atomic mass is 31.2. The lowest BCUT2D eigenvalue weighted by atomic mass is 10.1. The standard InChI is InChI=1S/C42H76NO10P/c1-3-5-7-9-11-13-15-17-19-21-23-25-27-29-31-33-40(44)50-35-38(36-51-54(48,49)52-37-39(43)42(46)47)53-41(45)34-32-30-28-26-24-22-20-18-16-14-12-10-8-6-4-2/h9,11,14,16,18,20,38-39H,3-8,10,12-13,15,17,19,21-37,43H2,1-2H3,(H,46,47)(H,48,49)/b11-9+,16-14+,20-18+/t38-,39+/m1/s1. The summed E-state index contributed by atoms with van der Waals surface area (Å²) in [6.45, 7) is 2.73. The molecule has 0 fully saturated rings. The van der Waals surface area contributed by atoms with E-state index in [0.29, 0.717) is 12.8 Å². The highest BCUT2D eigenvalue weighted by Gasteiger charge is 2.28. The zero-order valence-corrected chi connectivity index (χ0v) is 34.7. The molecule has 0 aromatic carbocycles. The zero-order valence-electron chi connectivity index (χ0n) is 33.8. The fourth-order valence-electron chi connectivity index (χ4n) is 5.51. The predicted octanol–water partition coefficient (Wildman–Crippen LogP) is 10.8. The quantitative estimate of drug-likeness (QED) is 0.0178. The summed E-state index contributed by atoms with van der Waals surface area (Å²) in [5, 5.41) is 8.88. The molecule has 3 atom stereocenters. The Morgan fingerprint density at radius 1 is 0.574 bits per heavy atom. The number of nitrogens with two attached hydrogens (primary N) is 1. The second-order valence-electron chi connectivity index (χ2n) is 14.1. The average molecular weight is 786 g/mol. The van der Waals surface area contributed by atoms with Gasteiger partial charge >= 0.3 is 25.7 Å². The van der Waals surface area contributed by atoms with Gasteiger partial charge in [0.1, 0.15) is 12.6 Å². The van der Waals surface area contributed by atoms with Gasteiger partial charge < -0.3 is 25.2 Å². The van der Waals surface area contributed by atoms with Gasteiger partial charge in [0.25, 0.3) is 0 Å². The van der Waals surface area contributed by atoms with Crippen molar-refractivity contribution in [2.24, 2.45) is 5.73 Å². The van der Waals surface area contributed by atoms with Crippen molar-refractivity contribution in [2.45, 2.75) is 193 Å². The SMILES string of the molecule is CCCC/C=C/CCCCCCCCCCCC(=O)OC[C@H](COP(=O)(O)OC[C@H](N)C(=O)O)OC(=O)CCCCCCC/C=C/C=C/CCCCCC. The van der Waals surface area contributed by atoms with Crippen LogP contribution in [0.25, 0.3) is 0 Å². The summed E-state index contributed by atoms with van der Waals surface area (Å²) in [6, 6.07) is -1.52. The van der Waals surface area contributed by atoms with Crippen LogP contribution in [0.2, 0.25) is 0 Å². The number of allylic oxidation sites excluding steroid dienone is 6. The molecule has 314 valence electrons. The third-order valence-corrected chi connectivity index (χ3v) is 9.84. The predicted molar refractivity (Wildman–Crippen MR) is 217 cm³/mol. The Hall–Kier alpha value is -2.30. The van der Waals surface area contributed by atoms with Gasteiger partial charge in [-0.25, -0.2) is 4.57 Å². The number of carbonyl (C=O) groups is 3. The molecule has 0 heterocycles. The van der Waals surface area contributed by atoms with Crippen molar-refractivity contribution in [1.29, 1.82) is 0 Å². The van der Waals surface area contributed by atoms with Gasteiger partial charge in [0, 0.05) is 12.8 Å². The topological polar surface area (TPSA) is 172 Å². The summed E-state index contributed by atoms with van der Waals surface area (Å²) in [6.07, 6.45) is 39.2. The Morgan fingerprint density at radius 3 is 1.52 bits per heavy atom. The zero-order chi connectivity index (χ0) is 40.0. The van der Waals surface area contributed by atoms with Crippen molar-refractivity contribution in [1.82, 2.24) is 0 Å². The van der Waals surface area contributed by atoms with Gasteiger partial charge in [-0.05, 0) is 57.8 Å². The minimum atomic E-state index is -4.72. The van der Waals surface area contributed by atoms with Crippen LogP contribution in [0, 0.1) is 0 Å². The van der Waals surface area contributed by atoms with Crippen molar-refractivity contribution >= 4 is 25.7 Å². The van der Waals surface area contributed by atoms with Gasteiger partial charge in [0.2, 0.25) is 0 Å². The number of aliphatic carboxylic acids is 1. The lowest BCUT2D eigenvalue weighted by Gasteiger charge is -2.20. The highest BCUT2D eigenvalue weighted by molar-refractivity contribution is 7.47. The first-order valence-electron chi connectivity index (χ1n) is 21.0. The summed E-state index contributed by atoms with van der Waals surface area (Å²) < 4.78 is 32.6. The van der Waals surface area contributed by atoms with Gasteiger partial charge in [-0.3, -0.25) is 23.4 Å². The molecule has 54 heavy (non-hydrogen) atoms. The number of phosphoric acid groups is 1. The summed E-state index contributed by atoms with van der Waals surface area (Å²) in [4.78, 5) is 45.9. The summed E-state index contributed by atoms with van der Waals surface area (Å²) in [5.74, 6) is -2.40. The molecule has 0 aliphatic heterocycles. The van der Waals surface area contributed by atoms with E-state index >= 15 is 0 Å². The van der Waals surface area contributed by atoms with E-state index in [1.807, 2.05) is 0 Å². The first kappa shape index (κ1) is 51.7. The lowest BCUT2D eigenvalue weighted by Crippen LogP contribution is -2.34. The fourth-order valence-corrected chi connectivity index (χ4v) is 6.28. The minimum absolute atomic E-state index is 0.143. The Kier molecular flexibility index (Phi) is 36.0. The molecule has 0 bridgehead atoms. The maximum absolute atomic E-state index is 12.6. The van der Waals surface area contributed by atoms with E-state index in [1.165, 1.54) is 83.5 Å². The van der Waals surface area contributed by atoms with E-state index < -0.39 is 51.1 Å². The largest absolute Gasteiger partial charge is 0.480 e. The first-order valence-corrected chi connectivity index (χ1v) is 22.5. The smallest absolute Gasteiger partial charge is 0.472 e. The van der Waals surface area contributed by atoms with Crippen molar-refractivity contribution < 1.29 is 47.5 Å². The van der Waals surface area contributed by atoms with E-state index in [9.17, 15) is 23.8 Å². The highest BCUT2D eigenvalue weighted by Crippen LogP contribution is 2.43. The molecule has 0 aromatic heterocycles. The molecule has 1 unspecified atom stereocenters. The molecule has 0 aliphatic carbocycles. The van der Waals surface area contributed by atoms with Gasteiger partial charge in [-0.1, -0.05) is 147 Å². The second kappa shape index (κ2) is 37.6. The van der Waals surface area contributed by atoms with Crippen LogP contribution in [0.15, 0.2) is 36.5 Å². The van der Waals surface area contributed by atoms with E-state index in [2.05, 4.69) is 54.8 Å². The van der Waals surface area contributed by atoms with Gasteiger partial charge in [0.15, 0.2) is 6.10 Å². The molecule has 0 spiro atoms. The molecule has 11 nitrogen and oxygen atoms in total. The normalized spacial score (nSPS) is 14.1. The molecule has 0 aliphatic rings. The number of unbranched alkanes of at least 4 members (excludes halogenated alkanes) is 20. The van der Waals surface area contributed by atoms with Crippen LogP contribution in [0.1, 0.15) is 181 Å². The molecular weight excluding hydrogens is 709 g/mol. The van der Waals surface area contributed by atoms with Crippen LogP contribution in [0.4, 0.5) is 0 Å². The minimum Gasteiger partial charge on any atom is -0.480 e. The second-order valence-corrected chi connectivity index (χ2v) is 15.6. The van der Waals surface area contributed by atoms with E-state index in [-0.39, 0.29) is 19.4 Å². The van der Waals surface area contributed by atoms with E-state index in [1.54, 1.807) is 0 Å².